The summed E-state index contributed by atoms with van der Waals surface area (Å²) in [7, 11) is 1.69. The number of nitrogen functional groups attached to an aromatic ring is 1. The average molecular weight is 225 g/mol. The van der Waals surface area contributed by atoms with Crippen molar-refractivity contribution in [2.75, 3.05) is 12.8 Å². The molecule has 0 bridgehead atoms. The van der Waals surface area contributed by atoms with Crippen LogP contribution >= 0.6 is 0 Å². The average Bonchev–Trinajstić information content (AvgIpc) is 2.72. The normalized spacial score (nSPS) is 12.1. The quantitative estimate of drug-likeness (QED) is 0.646. The third kappa shape index (κ3) is 1.34. The summed E-state index contributed by atoms with van der Waals surface area (Å²) in [5.74, 6) is 0.873. The summed E-state index contributed by atoms with van der Waals surface area (Å²) in [6, 6.07) is 10.6. The molecule has 1 aliphatic rings. The zero-order chi connectivity index (χ0) is 12.0. The Kier molecular flexibility index (Phi) is 2.11. The van der Waals surface area contributed by atoms with Crippen LogP contribution in [0, 0.1) is 6.92 Å². The van der Waals surface area contributed by atoms with Crippen molar-refractivity contribution in [2.45, 2.75) is 13.3 Å². The molecule has 86 valence electrons. The van der Waals surface area contributed by atoms with Gasteiger partial charge in [0.05, 0.1) is 7.11 Å². The van der Waals surface area contributed by atoms with Crippen LogP contribution in [0.25, 0.3) is 11.1 Å². The number of nitrogens with two attached hydrogens (primary N) is 1. The standard InChI is InChI=1S/C15H15NO/c1-9-14(17-2)8-12-11-6-4-3-5-10(11)7-13(12)15(9)16/h3-6,8H,7,16H2,1-2H3. The van der Waals surface area contributed by atoms with Gasteiger partial charge in [-0.25, -0.2) is 0 Å². The third-order valence-corrected chi connectivity index (χ3v) is 3.59. The molecule has 3 rings (SSSR count). The van der Waals surface area contributed by atoms with E-state index in [1.807, 2.05) is 6.92 Å². The Hall–Kier alpha value is -1.96. The van der Waals surface area contributed by atoms with E-state index in [9.17, 15) is 0 Å². The van der Waals surface area contributed by atoms with Gasteiger partial charge in [0.2, 0.25) is 0 Å². The van der Waals surface area contributed by atoms with Crippen LogP contribution in [-0.2, 0) is 6.42 Å². The predicted octanol–water partition coefficient (Wildman–Crippen LogP) is 3.16. The maximum absolute atomic E-state index is 6.21. The van der Waals surface area contributed by atoms with E-state index in [2.05, 4.69) is 30.3 Å². The van der Waals surface area contributed by atoms with Gasteiger partial charge >= 0.3 is 0 Å². The topological polar surface area (TPSA) is 35.2 Å². The van der Waals surface area contributed by atoms with Crippen molar-refractivity contribution in [3.63, 3.8) is 0 Å². The van der Waals surface area contributed by atoms with Crippen LogP contribution in [0.1, 0.15) is 16.7 Å². The minimum atomic E-state index is 0.871. The Morgan fingerprint density at radius 2 is 1.94 bits per heavy atom. The van der Waals surface area contributed by atoms with Gasteiger partial charge in [-0.15, -0.1) is 0 Å². The van der Waals surface area contributed by atoms with Gasteiger partial charge in [0.1, 0.15) is 5.75 Å². The van der Waals surface area contributed by atoms with Crippen LogP contribution in [0.5, 0.6) is 5.75 Å². The van der Waals surface area contributed by atoms with E-state index in [-0.39, 0.29) is 0 Å². The zero-order valence-electron chi connectivity index (χ0n) is 10.1. The lowest BCUT2D eigenvalue weighted by Crippen LogP contribution is -1.99. The molecule has 17 heavy (non-hydrogen) atoms. The molecule has 2 heteroatoms. The fourth-order valence-corrected chi connectivity index (χ4v) is 2.60. The minimum Gasteiger partial charge on any atom is -0.496 e. The number of rotatable bonds is 1. The Bertz CT molecular complexity index is 602. The molecular formula is C15H15NO. The molecule has 0 spiro atoms. The summed E-state index contributed by atoms with van der Waals surface area (Å²) in [5, 5.41) is 0. The molecular weight excluding hydrogens is 210 g/mol. The fraction of sp³-hybridized carbons (Fsp3) is 0.200. The number of ether oxygens (including phenoxy) is 1. The number of fused-ring (bicyclic) bond motifs is 3. The molecule has 0 fully saturated rings. The Labute approximate surface area is 101 Å². The number of anilines is 1. The minimum absolute atomic E-state index is 0.871. The molecule has 0 saturated carbocycles. The van der Waals surface area contributed by atoms with Crippen molar-refractivity contribution in [3.8, 4) is 16.9 Å². The van der Waals surface area contributed by atoms with Crippen LogP contribution in [0.3, 0.4) is 0 Å². The van der Waals surface area contributed by atoms with Gasteiger partial charge in [0.25, 0.3) is 0 Å². The van der Waals surface area contributed by atoms with Crippen molar-refractivity contribution >= 4 is 5.69 Å². The van der Waals surface area contributed by atoms with Crippen LogP contribution in [0.2, 0.25) is 0 Å². The molecule has 0 aromatic heterocycles. The zero-order valence-corrected chi connectivity index (χ0v) is 10.1. The highest BCUT2D eigenvalue weighted by molar-refractivity contribution is 5.84. The first kappa shape index (κ1) is 10.2. The fourth-order valence-electron chi connectivity index (χ4n) is 2.60. The molecule has 1 aliphatic carbocycles. The molecule has 2 aromatic carbocycles. The first-order valence-electron chi connectivity index (χ1n) is 5.76. The number of benzene rings is 2. The predicted molar refractivity (Wildman–Crippen MR) is 70.4 cm³/mol. The second-order valence-electron chi connectivity index (χ2n) is 4.48. The van der Waals surface area contributed by atoms with Crippen LogP contribution in [0.15, 0.2) is 30.3 Å². The van der Waals surface area contributed by atoms with Gasteiger partial charge in [0.15, 0.2) is 0 Å². The van der Waals surface area contributed by atoms with Crippen LogP contribution in [0.4, 0.5) is 5.69 Å². The van der Waals surface area contributed by atoms with Gasteiger partial charge in [-0.05, 0) is 35.2 Å². The Balaban J connectivity index is 2.30. The highest BCUT2D eigenvalue weighted by atomic mass is 16.5. The van der Waals surface area contributed by atoms with E-state index in [4.69, 9.17) is 10.5 Å². The summed E-state index contributed by atoms with van der Waals surface area (Å²) >= 11 is 0. The van der Waals surface area contributed by atoms with Gasteiger partial charge in [-0.2, -0.15) is 0 Å². The van der Waals surface area contributed by atoms with Crippen molar-refractivity contribution < 1.29 is 4.74 Å². The van der Waals surface area contributed by atoms with Gasteiger partial charge < -0.3 is 10.5 Å². The smallest absolute Gasteiger partial charge is 0.124 e. The van der Waals surface area contributed by atoms with E-state index in [0.29, 0.717) is 0 Å². The highest BCUT2D eigenvalue weighted by Crippen LogP contribution is 2.43. The molecule has 0 atom stereocenters. The summed E-state index contributed by atoms with van der Waals surface area (Å²) in [6.07, 6.45) is 0.933. The molecule has 0 radical (unpaired) electrons. The Morgan fingerprint density at radius 3 is 2.71 bits per heavy atom. The Morgan fingerprint density at radius 1 is 1.18 bits per heavy atom. The summed E-state index contributed by atoms with van der Waals surface area (Å²) in [6.45, 7) is 2.01. The first-order chi connectivity index (χ1) is 8.22. The number of hydrogen-bond acceptors (Lipinski definition) is 2. The first-order valence-corrected chi connectivity index (χ1v) is 5.76. The van der Waals surface area contributed by atoms with E-state index < -0.39 is 0 Å². The van der Waals surface area contributed by atoms with Crippen LogP contribution < -0.4 is 10.5 Å². The van der Waals surface area contributed by atoms with E-state index in [0.717, 1.165) is 23.4 Å². The lowest BCUT2D eigenvalue weighted by atomic mass is 10.0. The van der Waals surface area contributed by atoms with Gasteiger partial charge in [-0.1, -0.05) is 24.3 Å². The molecule has 2 aromatic rings. The highest BCUT2D eigenvalue weighted by Gasteiger charge is 2.22. The second kappa shape index (κ2) is 3.52. The molecule has 0 aliphatic heterocycles. The number of methoxy groups -OCH3 is 1. The third-order valence-electron chi connectivity index (χ3n) is 3.59. The monoisotopic (exact) mass is 225 g/mol. The van der Waals surface area contributed by atoms with Crippen molar-refractivity contribution in [3.05, 3.63) is 47.0 Å². The molecule has 0 unspecified atom stereocenters. The van der Waals surface area contributed by atoms with E-state index >= 15 is 0 Å². The maximum Gasteiger partial charge on any atom is 0.124 e. The van der Waals surface area contributed by atoms with Crippen LogP contribution in [-0.4, -0.2) is 7.11 Å². The van der Waals surface area contributed by atoms with Crippen molar-refractivity contribution in [2.24, 2.45) is 0 Å². The van der Waals surface area contributed by atoms with Crippen molar-refractivity contribution in [1.82, 2.24) is 0 Å². The SMILES string of the molecule is COc1cc2c(c(N)c1C)Cc1ccccc1-2. The summed E-state index contributed by atoms with van der Waals surface area (Å²) < 4.78 is 5.39. The van der Waals surface area contributed by atoms with Crippen molar-refractivity contribution in [1.29, 1.82) is 0 Å². The molecule has 0 heterocycles. The van der Waals surface area contributed by atoms with E-state index in [1.165, 1.54) is 22.3 Å². The molecule has 0 saturated heterocycles. The number of hydrogen-bond donors (Lipinski definition) is 1. The second-order valence-corrected chi connectivity index (χ2v) is 4.48. The maximum atomic E-state index is 6.21. The van der Waals surface area contributed by atoms with Gasteiger partial charge in [0, 0.05) is 17.7 Å². The van der Waals surface area contributed by atoms with E-state index in [1.54, 1.807) is 7.11 Å². The molecule has 2 N–H and O–H groups in total. The summed E-state index contributed by atoms with van der Waals surface area (Å²) in [5.41, 5.74) is 13.2. The lowest BCUT2D eigenvalue weighted by molar-refractivity contribution is 0.412. The molecule has 2 nitrogen and oxygen atoms in total. The largest absolute Gasteiger partial charge is 0.496 e. The molecule has 0 amide bonds. The van der Waals surface area contributed by atoms with Gasteiger partial charge in [-0.3, -0.25) is 0 Å². The summed E-state index contributed by atoms with van der Waals surface area (Å²) in [4.78, 5) is 0. The lowest BCUT2D eigenvalue weighted by Gasteiger charge is -2.12.